The van der Waals surface area contributed by atoms with Gasteiger partial charge in [0.1, 0.15) is 0 Å². The highest BCUT2D eigenvalue weighted by Gasteiger charge is 2.36. The first-order valence-corrected chi connectivity index (χ1v) is 5.28. The minimum atomic E-state index is -0.873. The number of nitrogens with one attached hydrogen (secondary N) is 1. The minimum absolute atomic E-state index is 0.101. The van der Waals surface area contributed by atoms with Crippen molar-refractivity contribution in [3.05, 3.63) is 34.3 Å². The van der Waals surface area contributed by atoms with Crippen molar-refractivity contribution in [2.45, 2.75) is 6.54 Å². The fraction of sp³-hybridized carbons (Fsp3) is 0.100. The largest absolute Gasteiger partial charge is 0.331 e. The van der Waals surface area contributed by atoms with Gasteiger partial charge in [0.2, 0.25) is 0 Å². The van der Waals surface area contributed by atoms with E-state index in [1.807, 2.05) is 5.32 Å². The Morgan fingerprint density at radius 3 is 2.25 bits per heavy atom. The second kappa shape index (κ2) is 4.05. The van der Waals surface area contributed by atoms with E-state index in [9.17, 15) is 14.4 Å². The van der Waals surface area contributed by atoms with Crippen LogP contribution in [0.5, 0.6) is 0 Å². The molecule has 1 fully saturated rings. The number of halogens is 1. The molecule has 0 atom stereocenters. The molecule has 1 saturated heterocycles. The topological polar surface area (TPSA) is 66.5 Å². The van der Waals surface area contributed by atoms with E-state index >= 15 is 0 Å². The number of carbonyl (C=O) groups is 3. The Morgan fingerprint density at radius 2 is 1.75 bits per heavy atom. The third-order valence-corrected chi connectivity index (χ3v) is 2.69. The number of hydrogen-bond donors (Lipinski definition) is 1. The highest BCUT2D eigenvalue weighted by Crippen LogP contribution is 2.13. The quantitative estimate of drug-likeness (QED) is 0.651. The number of carbonyl (C=O) groups excluding carboxylic acids is 3. The molecule has 1 N–H and O–H groups in total. The SMILES string of the molecule is O=C1NC(=O)N(Cc2ccc(Br)cc2)C1=O. The lowest BCUT2D eigenvalue weighted by Crippen LogP contribution is -2.30. The van der Waals surface area contributed by atoms with Crippen molar-refractivity contribution < 1.29 is 14.4 Å². The van der Waals surface area contributed by atoms with E-state index in [0.717, 1.165) is 14.9 Å². The zero-order chi connectivity index (χ0) is 11.7. The monoisotopic (exact) mass is 282 g/mol. The highest BCUT2D eigenvalue weighted by molar-refractivity contribution is 9.10. The third-order valence-electron chi connectivity index (χ3n) is 2.16. The first-order valence-electron chi connectivity index (χ1n) is 4.49. The van der Waals surface area contributed by atoms with E-state index < -0.39 is 17.8 Å². The molecular formula is C10H7BrN2O3. The van der Waals surface area contributed by atoms with Gasteiger partial charge in [-0.05, 0) is 17.7 Å². The van der Waals surface area contributed by atoms with Crippen LogP contribution < -0.4 is 5.32 Å². The standard InChI is InChI=1S/C10H7BrN2O3/c11-7-3-1-6(2-4-7)5-13-9(15)8(14)12-10(13)16/h1-4H,5H2,(H,12,14,16). The lowest BCUT2D eigenvalue weighted by molar-refractivity contribution is -0.140. The molecule has 0 saturated carbocycles. The van der Waals surface area contributed by atoms with Crippen LogP contribution in [0.4, 0.5) is 4.79 Å². The summed E-state index contributed by atoms with van der Waals surface area (Å²) in [4.78, 5) is 34.3. The molecular weight excluding hydrogens is 276 g/mol. The summed E-state index contributed by atoms with van der Waals surface area (Å²) in [5, 5.41) is 1.94. The maximum Gasteiger partial charge on any atom is 0.331 e. The molecule has 0 aromatic heterocycles. The fourth-order valence-electron chi connectivity index (χ4n) is 1.35. The molecule has 82 valence electrons. The van der Waals surface area contributed by atoms with E-state index in [1.54, 1.807) is 24.3 Å². The molecule has 16 heavy (non-hydrogen) atoms. The summed E-state index contributed by atoms with van der Waals surface area (Å²) in [5.74, 6) is -1.69. The lowest BCUT2D eigenvalue weighted by atomic mass is 10.2. The molecule has 0 aliphatic carbocycles. The van der Waals surface area contributed by atoms with E-state index in [2.05, 4.69) is 15.9 Å². The molecule has 1 aliphatic rings. The Hall–Kier alpha value is -1.69. The normalized spacial score (nSPS) is 15.6. The zero-order valence-electron chi connectivity index (χ0n) is 8.07. The number of rotatable bonds is 2. The van der Waals surface area contributed by atoms with Crippen LogP contribution >= 0.6 is 15.9 Å². The Kier molecular flexibility index (Phi) is 2.74. The van der Waals surface area contributed by atoms with Crippen LogP contribution in [0, 0.1) is 0 Å². The Bertz CT molecular complexity index is 469. The predicted molar refractivity (Wildman–Crippen MR) is 58.2 cm³/mol. The molecule has 1 heterocycles. The van der Waals surface area contributed by atoms with Crippen molar-refractivity contribution in [1.82, 2.24) is 10.2 Å². The number of benzene rings is 1. The van der Waals surface area contributed by atoms with Gasteiger partial charge in [0, 0.05) is 4.47 Å². The Morgan fingerprint density at radius 1 is 1.12 bits per heavy atom. The lowest BCUT2D eigenvalue weighted by Gasteiger charge is -2.10. The van der Waals surface area contributed by atoms with E-state index in [-0.39, 0.29) is 6.54 Å². The van der Waals surface area contributed by atoms with Crippen molar-refractivity contribution in [3.8, 4) is 0 Å². The second-order valence-corrected chi connectivity index (χ2v) is 4.19. The third kappa shape index (κ3) is 1.96. The van der Waals surface area contributed by atoms with E-state index in [1.165, 1.54) is 0 Å². The van der Waals surface area contributed by atoms with Crippen molar-refractivity contribution in [3.63, 3.8) is 0 Å². The average molecular weight is 283 g/mol. The Labute approximate surface area is 99.5 Å². The van der Waals surface area contributed by atoms with Gasteiger partial charge in [-0.1, -0.05) is 28.1 Å². The first kappa shape index (κ1) is 10.8. The molecule has 0 spiro atoms. The summed E-state index contributed by atoms with van der Waals surface area (Å²) in [6.45, 7) is 0.101. The van der Waals surface area contributed by atoms with Gasteiger partial charge in [-0.25, -0.2) is 4.79 Å². The van der Waals surface area contributed by atoms with Crippen molar-refractivity contribution in [2.24, 2.45) is 0 Å². The summed E-state index contributed by atoms with van der Waals surface area (Å²) in [6.07, 6.45) is 0. The maximum atomic E-state index is 11.3. The van der Waals surface area contributed by atoms with Crippen LogP contribution in [0.2, 0.25) is 0 Å². The summed E-state index contributed by atoms with van der Waals surface area (Å²) in [5.41, 5.74) is 0.779. The van der Waals surface area contributed by atoms with Crippen molar-refractivity contribution in [1.29, 1.82) is 0 Å². The summed E-state index contributed by atoms with van der Waals surface area (Å²) >= 11 is 3.28. The number of amides is 4. The molecule has 4 amide bonds. The molecule has 0 bridgehead atoms. The average Bonchev–Trinajstić information content (AvgIpc) is 2.48. The van der Waals surface area contributed by atoms with Crippen LogP contribution in [-0.4, -0.2) is 22.7 Å². The summed E-state index contributed by atoms with van der Waals surface area (Å²) < 4.78 is 0.907. The zero-order valence-corrected chi connectivity index (χ0v) is 9.65. The molecule has 5 nitrogen and oxygen atoms in total. The Balaban J connectivity index is 2.16. The van der Waals surface area contributed by atoms with Crippen LogP contribution in [0.15, 0.2) is 28.7 Å². The second-order valence-electron chi connectivity index (χ2n) is 3.28. The molecule has 1 aromatic carbocycles. The number of hydrogen-bond acceptors (Lipinski definition) is 3. The molecule has 1 aromatic rings. The summed E-state index contributed by atoms with van der Waals surface area (Å²) in [7, 11) is 0. The van der Waals surface area contributed by atoms with Gasteiger partial charge in [0.25, 0.3) is 0 Å². The van der Waals surface area contributed by atoms with Crippen LogP contribution in [0.3, 0.4) is 0 Å². The predicted octanol–water partition coefficient (Wildman–Crippen LogP) is 1.03. The van der Waals surface area contributed by atoms with Gasteiger partial charge in [0.05, 0.1) is 6.54 Å². The molecule has 2 rings (SSSR count). The molecule has 0 radical (unpaired) electrons. The van der Waals surface area contributed by atoms with E-state index in [0.29, 0.717) is 0 Å². The van der Waals surface area contributed by atoms with Crippen LogP contribution in [0.25, 0.3) is 0 Å². The number of nitrogens with zero attached hydrogens (tertiary/aromatic N) is 1. The van der Waals surface area contributed by atoms with Gasteiger partial charge in [0.15, 0.2) is 0 Å². The smallest absolute Gasteiger partial charge is 0.269 e. The van der Waals surface area contributed by atoms with Crippen molar-refractivity contribution >= 4 is 33.8 Å². The van der Waals surface area contributed by atoms with Crippen molar-refractivity contribution in [2.75, 3.05) is 0 Å². The van der Waals surface area contributed by atoms with Gasteiger partial charge < -0.3 is 0 Å². The molecule has 1 aliphatic heterocycles. The number of imide groups is 2. The van der Waals surface area contributed by atoms with Gasteiger partial charge >= 0.3 is 17.8 Å². The number of urea groups is 1. The maximum absolute atomic E-state index is 11.3. The van der Waals surface area contributed by atoms with E-state index in [4.69, 9.17) is 0 Å². The molecule has 0 unspecified atom stereocenters. The highest BCUT2D eigenvalue weighted by atomic mass is 79.9. The fourth-order valence-corrected chi connectivity index (χ4v) is 1.61. The van der Waals surface area contributed by atoms with Gasteiger partial charge in [-0.15, -0.1) is 0 Å². The van der Waals surface area contributed by atoms with Gasteiger partial charge in [-0.2, -0.15) is 0 Å². The van der Waals surface area contributed by atoms with Gasteiger partial charge in [-0.3, -0.25) is 19.8 Å². The van der Waals surface area contributed by atoms with Crippen LogP contribution in [0.1, 0.15) is 5.56 Å². The summed E-state index contributed by atoms with van der Waals surface area (Å²) in [6, 6.07) is 6.48. The first-order chi connectivity index (χ1) is 7.58. The van der Waals surface area contributed by atoms with Crippen LogP contribution in [-0.2, 0) is 16.1 Å². The minimum Gasteiger partial charge on any atom is -0.269 e. The molecule has 6 heteroatoms.